The average molecular weight is 388 g/mol. The summed E-state index contributed by atoms with van der Waals surface area (Å²) < 4.78 is 71.5. The maximum absolute atomic E-state index is 10.9. The highest BCUT2D eigenvalue weighted by molar-refractivity contribution is 7.85. The maximum Gasteiger partial charge on any atom is 0.300 e. The summed E-state index contributed by atoms with van der Waals surface area (Å²) in [6, 6.07) is 13.2. The fourth-order valence-electron chi connectivity index (χ4n) is 2.02. The highest BCUT2D eigenvalue weighted by atomic mass is 32.2. The highest BCUT2D eigenvalue weighted by Gasteiger charge is 2.14. The fourth-order valence-corrected chi connectivity index (χ4v) is 2.59. The third-order valence-corrected chi connectivity index (χ3v) is 4.12. The van der Waals surface area contributed by atoms with Crippen LogP contribution >= 0.6 is 0 Å². The van der Waals surface area contributed by atoms with Crippen LogP contribution in [0.3, 0.4) is 0 Å². The number of hydrogen-bond acceptors (Lipinski definition) is 6. The lowest BCUT2D eigenvalue weighted by atomic mass is 10.0. The molecule has 0 aromatic heterocycles. The maximum atomic E-state index is 10.9. The van der Waals surface area contributed by atoms with Crippen LogP contribution in [0, 0.1) is 0 Å². The summed E-state index contributed by atoms with van der Waals surface area (Å²) in [5, 5.41) is 0. The van der Waals surface area contributed by atoms with Crippen molar-refractivity contribution in [3.05, 3.63) is 48.5 Å². The van der Waals surface area contributed by atoms with Gasteiger partial charge in [-0.15, -0.1) is 0 Å². The van der Waals surface area contributed by atoms with Crippen molar-refractivity contribution >= 4 is 20.2 Å². The summed E-state index contributed by atoms with van der Waals surface area (Å²) >= 11 is 0. The first kappa shape index (κ1) is 19.2. The number of para-hydroxylation sites is 2. The fraction of sp³-hybridized carbons (Fsp3) is 0.200. The Balaban J connectivity index is 2.30. The zero-order valence-electron chi connectivity index (χ0n) is 12.9. The molecule has 2 rings (SSSR count). The van der Waals surface area contributed by atoms with Crippen molar-refractivity contribution in [3.63, 3.8) is 0 Å². The van der Waals surface area contributed by atoms with E-state index >= 15 is 0 Å². The Morgan fingerprint density at radius 2 is 1.20 bits per heavy atom. The largest absolute Gasteiger partial charge is 0.492 e. The smallest absolute Gasteiger partial charge is 0.300 e. The van der Waals surface area contributed by atoms with Crippen molar-refractivity contribution < 1.29 is 35.4 Å². The zero-order chi connectivity index (χ0) is 18.5. The van der Waals surface area contributed by atoms with Crippen molar-refractivity contribution in [2.75, 3.05) is 18.3 Å². The molecular formula is C15H16O8S2. The molecule has 136 valence electrons. The lowest BCUT2D eigenvalue weighted by molar-refractivity contribution is 0.336. The van der Waals surface area contributed by atoms with Gasteiger partial charge < -0.3 is 9.47 Å². The third-order valence-electron chi connectivity index (χ3n) is 3.03. The van der Waals surface area contributed by atoms with Crippen molar-refractivity contribution in [2.45, 2.75) is 0 Å². The van der Waals surface area contributed by atoms with Crippen molar-refractivity contribution in [3.8, 4) is 22.6 Å². The molecule has 0 saturated heterocycles. The summed E-state index contributed by atoms with van der Waals surface area (Å²) in [7, 11) is -8.46. The summed E-state index contributed by atoms with van der Waals surface area (Å²) in [5.74, 6) is -0.946. The molecule has 0 spiro atoms. The van der Waals surface area contributed by atoms with Gasteiger partial charge in [0.1, 0.15) is 23.9 Å². The summed E-state index contributed by atoms with van der Waals surface area (Å²) in [5.41, 5.74) is 1.03. The first-order valence-electron chi connectivity index (χ1n) is 7.00. The van der Waals surface area contributed by atoms with Crippen LogP contribution in [0.2, 0.25) is 0 Å². The van der Waals surface area contributed by atoms with Crippen LogP contribution in [0.25, 0.3) is 11.1 Å². The summed E-state index contributed by atoms with van der Waals surface area (Å²) in [4.78, 5) is 0. The predicted octanol–water partition coefficient (Wildman–Crippen LogP) is 1.84. The highest BCUT2D eigenvalue weighted by Crippen LogP contribution is 2.36. The number of benzene rings is 2. The lowest BCUT2D eigenvalue weighted by Crippen LogP contribution is -2.13. The Bertz CT molecular complexity index is 936. The van der Waals surface area contributed by atoms with Crippen LogP contribution in [0.1, 0.15) is 0 Å². The number of hydrogen-bond donors (Lipinski definition) is 2. The van der Waals surface area contributed by atoms with Crippen molar-refractivity contribution in [2.24, 2.45) is 0 Å². The topological polar surface area (TPSA) is 127 Å². The minimum absolute atomic E-state index is 0.200. The molecule has 2 N–H and O–H groups in total. The predicted molar refractivity (Wildman–Crippen MR) is 90.8 cm³/mol. The molecule has 2 aromatic rings. The van der Waals surface area contributed by atoms with Gasteiger partial charge in [0.2, 0.25) is 5.94 Å². The molecule has 0 aliphatic carbocycles. The first-order chi connectivity index (χ1) is 11.7. The average Bonchev–Trinajstić information content (AvgIpc) is 2.52. The van der Waals surface area contributed by atoms with Crippen LogP contribution in [-0.4, -0.2) is 44.2 Å². The molecule has 10 heteroatoms. The van der Waals surface area contributed by atoms with E-state index in [2.05, 4.69) is 0 Å². The van der Waals surface area contributed by atoms with Crippen LogP contribution in [0.5, 0.6) is 11.5 Å². The molecule has 2 aromatic carbocycles. The van der Waals surface area contributed by atoms with Crippen LogP contribution in [-0.2, 0) is 20.2 Å². The van der Waals surface area contributed by atoms with Crippen LogP contribution in [0.4, 0.5) is 0 Å². The van der Waals surface area contributed by atoms with Crippen LogP contribution in [0.15, 0.2) is 48.5 Å². The van der Waals surface area contributed by atoms with Gasteiger partial charge in [-0.2, -0.15) is 16.8 Å². The van der Waals surface area contributed by atoms with Gasteiger partial charge in [-0.05, 0) is 12.1 Å². The standard InChI is InChI=1S/C15H16O8S2/c16-24(17,18)10-9-22-14-7-3-1-5-12(14)13-6-2-4-8-15(13)23-11-25(19,20)21/h1-8H,9-11H2,(H,16,17,18)(H,19,20,21). The van der Waals surface area contributed by atoms with Gasteiger partial charge >= 0.3 is 10.1 Å². The van der Waals surface area contributed by atoms with E-state index in [0.29, 0.717) is 16.9 Å². The Morgan fingerprint density at radius 1 is 0.720 bits per heavy atom. The van der Waals surface area contributed by atoms with Crippen LogP contribution < -0.4 is 9.47 Å². The quantitative estimate of drug-likeness (QED) is 0.656. The molecule has 0 bridgehead atoms. The van der Waals surface area contributed by atoms with E-state index in [-0.39, 0.29) is 12.4 Å². The van der Waals surface area contributed by atoms with E-state index in [1.165, 1.54) is 6.07 Å². The molecule has 0 unspecified atom stereocenters. The number of ether oxygens (including phenoxy) is 2. The van der Waals surface area contributed by atoms with Gasteiger partial charge in [-0.1, -0.05) is 36.4 Å². The molecule has 0 aliphatic heterocycles. The van der Waals surface area contributed by atoms with Gasteiger partial charge in [-0.3, -0.25) is 9.11 Å². The molecule has 0 radical (unpaired) electrons. The Kier molecular flexibility index (Phi) is 6.01. The summed E-state index contributed by atoms with van der Waals surface area (Å²) in [6.45, 7) is -0.260. The lowest BCUT2D eigenvalue weighted by Gasteiger charge is -2.14. The Labute approximate surface area is 145 Å². The van der Waals surface area contributed by atoms with Gasteiger partial charge in [-0.25, -0.2) is 0 Å². The normalized spacial score (nSPS) is 11.9. The van der Waals surface area contributed by atoms with Crippen molar-refractivity contribution in [1.29, 1.82) is 0 Å². The molecule has 0 atom stereocenters. The minimum Gasteiger partial charge on any atom is -0.492 e. The van der Waals surface area contributed by atoms with E-state index in [0.717, 1.165) is 0 Å². The van der Waals surface area contributed by atoms with E-state index in [4.69, 9.17) is 18.6 Å². The second-order valence-corrected chi connectivity index (χ2v) is 7.94. The minimum atomic E-state index is -4.31. The molecule has 25 heavy (non-hydrogen) atoms. The molecule has 0 saturated carbocycles. The number of rotatable bonds is 8. The molecule has 0 heterocycles. The van der Waals surface area contributed by atoms with Gasteiger partial charge in [0, 0.05) is 11.1 Å². The SMILES string of the molecule is O=S(=O)(O)CCOc1ccccc1-c1ccccc1OCS(=O)(=O)O. The molecular weight excluding hydrogens is 372 g/mol. The molecule has 0 fully saturated rings. The van der Waals surface area contributed by atoms with E-state index in [9.17, 15) is 16.8 Å². The Morgan fingerprint density at radius 3 is 1.68 bits per heavy atom. The van der Waals surface area contributed by atoms with Gasteiger partial charge in [0.15, 0.2) is 0 Å². The van der Waals surface area contributed by atoms with E-state index in [1.54, 1.807) is 42.5 Å². The monoisotopic (exact) mass is 388 g/mol. The second-order valence-electron chi connectivity index (χ2n) is 4.97. The molecule has 0 amide bonds. The summed E-state index contributed by atoms with van der Waals surface area (Å²) in [6.07, 6.45) is 0. The van der Waals surface area contributed by atoms with Gasteiger partial charge in [0.25, 0.3) is 10.1 Å². The van der Waals surface area contributed by atoms with E-state index in [1.807, 2.05) is 0 Å². The molecule has 0 aliphatic rings. The zero-order valence-corrected chi connectivity index (χ0v) is 14.5. The Hall–Kier alpha value is -2.14. The second kappa shape index (κ2) is 7.83. The first-order valence-corrected chi connectivity index (χ1v) is 10.2. The van der Waals surface area contributed by atoms with Gasteiger partial charge in [0.05, 0.1) is 0 Å². The molecule has 8 nitrogen and oxygen atoms in total. The van der Waals surface area contributed by atoms with E-state index < -0.39 is 31.9 Å². The van der Waals surface area contributed by atoms with Crippen molar-refractivity contribution in [1.82, 2.24) is 0 Å². The third kappa shape index (κ3) is 6.35.